The van der Waals surface area contributed by atoms with E-state index in [1.54, 1.807) is 16.0 Å². The molecule has 0 bridgehead atoms. The third kappa shape index (κ3) is 5.71. The number of hydrogen-bond acceptors (Lipinski definition) is 8. The summed E-state index contributed by atoms with van der Waals surface area (Å²) in [7, 11) is -1.14. The second-order valence-corrected chi connectivity index (χ2v) is 14.6. The molecule has 0 radical (unpaired) electrons. The van der Waals surface area contributed by atoms with Crippen LogP contribution in [0.1, 0.15) is 64.7 Å². The fourth-order valence-electron chi connectivity index (χ4n) is 6.54. The van der Waals surface area contributed by atoms with Crippen LogP contribution in [-0.2, 0) is 14.2 Å². The fourth-order valence-corrected chi connectivity index (χ4v) is 8.04. The van der Waals surface area contributed by atoms with E-state index in [1.165, 1.54) is 30.6 Å². The molecular formula is C29H34FN6O6PS. The van der Waals surface area contributed by atoms with E-state index in [0.29, 0.717) is 40.9 Å². The van der Waals surface area contributed by atoms with Gasteiger partial charge >= 0.3 is 7.60 Å². The average molecular weight is 645 g/mol. The number of amides is 3. The lowest BCUT2D eigenvalue weighted by molar-refractivity contribution is -0.148. The number of rotatable bonds is 7. The first-order valence-corrected chi connectivity index (χ1v) is 17.0. The first-order valence-electron chi connectivity index (χ1n) is 14.5. The Hall–Kier alpha value is -3.45. The van der Waals surface area contributed by atoms with Gasteiger partial charge in [0.25, 0.3) is 5.91 Å². The van der Waals surface area contributed by atoms with Crippen LogP contribution >= 0.6 is 18.9 Å². The molecule has 234 valence electrons. The summed E-state index contributed by atoms with van der Waals surface area (Å²) in [6.07, 6.45) is 6.55. The van der Waals surface area contributed by atoms with Crippen molar-refractivity contribution in [3.05, 3.63) is 52.8 Å². The van der Waals surface area contributed by atoms with Crippen LogP contribution in [0.25, 0.3) is 10.1 Å². The van der Waals surface area contributed by atoms with Crippen LogP contribution < -0.4 is 10.2 Å². The molecule has 3 saturated heterocycles. The summed E-state index contributed by atoms with van der Waals surface area (Å²) < 4.78 is 26.2. The summed E-state index contributed by atoms with van der Waals surface area (Å²) in [5, 5.41) is 3.33. The van der Waals surface area contributed by atoms with Crippen LogP contribution in [0.5, 0.6) is 0 Å². The summed E-state index contributed by atoms with van der Waals surface area (Å²) in [5.41, 5.74) is 0.817. The van der Waals surface area contributed by atoms with Crippen LogP contribution in [0.15, 0.2) is 36.8 Å². The molecule has 0 saturated carbocycles. The number of likely N-dealkylation sites (tertiary alicyclic amines) is 1. The van der Waals surface area contributed by atoms with E-state index in [4.69, 9.17) is 0 Å². The van der Waals surface area contributed by atoms with Crippen molar-refractivity contribution in [3.63, 3.8) is 0 Å². The Bertz CT molecular complexity index is 1660. The van der Waals surface area contributed by atoms with Gasteiger partial charge in [0.05, 0.1) is 4.88 Å². The molecule has 6 rings (SSSR count). The summed E-state index contributed by atoms with van der Waals surface area (Å²) in [6.45, 7) is 1.06. The van der Waals surface area contributed by atoms with E-state index < -0.39 is 31.5 Å². The monoisotopic (exact) mass is 644 g/mol. The quantitative estimate of drug-likeness (QED) is 0.329. The highest BCUT2D eigenvalue weighted by atomic mass is 32.1. The molecule has 2 aromatic heterocycles. The zero-order chi connectivity index (χ0) is 31.3. The number of fused-ring (bicyclic) bond motifs is 2. The number of benzene rings is 1. The molecule has 15 heteroatoms. The van der Waals surface area contributed by atoms with Crippen molar-refractivity contribution < 1.29 is 33.1 Å². The predicted octanol–water partition coefficient (Wildman–Crippen LogP) is 3.17. The molecule has 3 aliphatic heterocycles. The minimum absolute atomic E-state index is 0.0521. The molecule has 1 aromatic carbocycles. The molecule has 4 atom stereocenters. The van der Waals surface area contributed by atoms with Gasteiger partial charge in [0.1, 0.15) is 24.2 Å². The molecule has 3 fully saturated rings. The van der Waals surface area contributed by atoms with Crippen molar-refractivity contribution in [1.82, 2.24) is 25.1 Å². The molecule has 0 aliphatic carbocycles. The van der Waals surface area contributed by atoms with Crippen molar-refractivity contribution in [1.29, 1.82) is 0 Å². The Morgan fingerprint density at radius 2 is 1.93 bits per heavy atom. The third-order valence-electron chi connectivity index (χ3n) is 8.79. The van der Waals surface area contributed by atoms with Gasteiger partial charge in [-0.15, -0.1) is 11.3 Å². The number of aromatic nitrogens is 2. The lowest BCUT2D eigenvalue weighted by atomic mass is 9.91. The van der Waals surface area contributed by atoms with Gasteiger partial charge in [0, 0.05) is 55.6 Å². The lowest BCUT2D eigenvalue weighted by Crippen LogP contribution is -2.58. The van der Waals surface area contributed by atoms with Crippen LogP contribution in [-0.4, -0.2) is 92.6 Å². The number of nitrogens with one attached hydrogen (secondary N) is 1. The number of carbonyl (C=O) groups excluding carboxylic acids is 3. The van der Waals surface area contributed by atoms with E-state index in [-0.39, 0.29) is 29.3 Å². The molecule has 3 N–H and O–H groups in total. The van der Waals surface area contributed by atoms with Crippen molar-refractivity contribution in [2.24, 2.45) is 0 Å². The van der Waals surface area contributed by atoms with Crippen molar-refractivity contribution in [2.45, 2.75) is 62.1 Å². The zero-order valence-corrected chi connectivity index (χ0v) is 26.0. The maximum absolute atomic E-state index is 14.2. The van der Waals surface area contributed by atoms with E-state index in [1.807, 2.05) is 19.0 Å². The molecule has 3 aromatic rings. The van der Waals surface area contributed by atoms with E-state index in [0.717, 1.165) is 42.0 Å². The number of hydrogen-bond donors (Lipinski definition) is 3. The highest BCUT2D eigenvalue weighted by molar-refractivity contribution is 7.51. The van der Waals surface area contributed by atoms with Crippen molar-refractivity contribution in [3.8, 4) is 0 Å². The molecule has 0 unspecified atom stereocenters. The van der Waals surface area contributed by atoms with Crippen molar-refractivity contribution in [2.75, 3.05) is 32.1 Å². The second-order valence-electron chi connectivity index (χ2n) is 11.9. The summed E-state index contributed by atoms with van der Waals surface area (Å²) in [6, 6.07) is 4.24. The van der Waals surface area contributed by atoms with Gasteiger partial charge in [-0.1, -0.05) is 6.07 Å². The van der Waals surface area contributed by atoms with Crippen LogP contribution in [0.2, 0.25) is 0 Å². The van der Waals surface area contributed by atoms with Crippen LogP contribution in [0, 0.1) is 0 Å². The Labute approximate surface area is 257 Å². The number of alkyl halides is 1. The number of nitrogens with zero attached hydrogens (tertiary/aromatic N) is 5. The van der Waals surface area contributed by atoms with E-state index in [2.05, 4.69) is 15.3 Å². The van der Waals surface area contributed by atoms with Gasteiger partial charge < -0.3 is 29.8 Å². The largest absolute Gasteiger partial charge is 0.363 e. The molecule has 3 amide bonds. The molecule has 3 aliphatic rings. The minimum atomic E-state index is -4.97. The Morgan fingerprint density at radius 3 is 2.66 bits per heavy atom. The van der Waals surface area contributed by atoms with Crippen molar-refractivity contribution >= 4 is 52.6 Å². The first-order chi connectivity index (χ1) is 20.9. The first kappa shape index (κ1) is 30.6. The summed E-state index contributed by atoms with van der Waals surface area (Å²) >= 11 is 1.14. The molecule has 12 nitrogen and oxygen atoms in total. The normalized spacial score (nSPS) is 23.2. The molecular weight excluding hydrogens is 610 g/mol. The average Bonchev–Trinajstić information content (AvgIpc) is 3.55. The second kappa shape index (κ2) is 11.8. The molecule has 0 spiro atoms. The van der Waals surface area contributed by atoms with Gasteiger partial charge in [-0.05, 0) is 61.3 Å². The Kier molecular flexibility index (Phi) is 8.20. The fraction of sp³-hybridized carbons (Fsp3) is 0.483. The standard InChI is InChI=1S/C29H34FN6O6PS/c1-34(2)26-20(12-31-15-32-26)18-13-35(14-18)29(39)22-8-7-19-4-3-5-21(28(38)36(19)22)33-27(37)24-11-17-10-16(6-9-23(17)44-24)25(30)43(40,41)42/h6,9-12,15,18-19,21-22,25H,3-5,7-8,13-14H2,1-2H3,(H,33,37)(H2,40,41,42)/t19-,21-,22-,25-/m0/s1. The topological polar surface area (TPSA) is 156 Å². The number of carbonyl (C=O) groups is 3. The SMILES string of the molecule is CN(C)c1ncncc1C1CN(C(=O)[C@@H]2CC[C@@H]3CCC[C@H](NC(=O)c4cc5cc([C@@H](F)P(=O)(O)O)ccc5s4)C(=O)N32)C1. The third-order valence-corrected chi connectivity index (χ3v) is 10.8. The van der Waals surface area contributed by atoms with Gasteiger partial charge in [0.2, 0.25) is 17.7 Å². The number of halogens is 1. The van der Waals surface area contributed by atoms with Gasteiger partial charge in [-0.3, -0.25) is 18.9 Å². The lowest BCUT2D eigenvalue weighted by Gasteiger charge is -2.43. The summed E-state index contributed by atoms with van der Waals surface area (Å²) in [5.74, 6) is -2.31. The van der Waals surface area contributed by atoms with E-state index >= 15 is 0 Å². The minimum Gasteiger partial charge on any atom is -0.362 e. The molecule has 5 heterocycles. The highest BCUT2D eigenvalue weighted by Crippen LogP contribution is 2.53. The van der Waals surface area contributed by atoms with Crippen LogP contribution in [0.3, 0.4) is 0 Å². The van der Waals surface area contributed by atoms with E-state index in [9.17, 15) is 33.1 Å². The Balaban J connectivity index is 1.13. The van der Waals surface area contributed by atoms with Gasteiger partial charge in [0.15, 0.2) is 0 Å². The maximum Gasteiger partial charge on any atom is 0.363 e. The van der Waals surface area contributed by atoms with Gasteiger partial charge in [-0.25, -0.2) is 14.4 Å². The highest BCUT2D eigenvalue weighted by Gasteiger charge is 2.48. The smallest absolute Gasteiger partial charge is 0.362 e. The summed E-state index contributed by atoms with van der Waals surface area (Å²) in [4.78, 5) is 73.4. The Morgan fingerprint density at radius 1 is 1.16 bits per heavy atom. The predicted molar refractivity (Wildman–Crippen MR) is 162 cm³/mol. The number of anilines is 1. The maximum atomic E-state index is 14.2. The van der Waals surface area contributed by atoms with Crippen LogP contribution in [0.4, 0.5) is 10.2 Å². The number of thiophene rings is 1. The molecule has 44 heavy (non-hydrogen) atoms. The van der Waals surface area contributed by atoms with Gasteiger partial charge in [-0.2, -0.15) is 0 Å². The zero-order valence-electron chi connectivity index (χ0n) is 24.3.